The molecular weight excluding hydrogens is 314 g/mol. The second-order valence-electron chi connectivity index (χ2n) is 6.58. The molecule has 5 heteroatoms. The molecular formula is C18H22ClNO3. The van der Waals surface area contributed by atoms with Crippen molar-refractivity contribution in [2.45, 2.75) is 50.5 Å². The molecule has 1 heterocycles. The smallest absolute Gasteiger partial charge is 0.303 e. The summed E-state index contributed by atoms with van der Waals surface area (Å²) in [7, 11) is 0. The fraction of sp³-hybridized carbons (Fsp3) is 0.556. The second-order valence-corrected chi connectivity index (χ2v) is 6.99. The summed E-state index contributed by atoms with van der Waals surface area (Å²) < 4.78 is 0. The highest BCUT2D eigenvalue weighted by Crippen LogP contribution is 2.51. The standard InChI is InChI=1S/C18H22ClNO3/c19-16-7-2-1-6-13(16)14-11-15(14)18(23)20-10-4-3-5-12(20)8-9-17(21)22/h1-2,6-7,12,14-15H,3-5,8-11H2,(H,21,22). The normalized spacial score (nSPS) is 26.8. The summed E-state index contributed by atoms with van der Waals surface area (Å²) >= 11 is 6.24. The summed E-state index contributed by atoms with van der Waals surface area (Å²) in [4.78, 5) is 25.6. The van der Waals surface area contributed by atoms with Crippen molar-refractivity contribution < 1.29 is 14.7 Å². The first-order valence-electron chi connectivity index (χ1n) is 8.34. The summed E-state index contributed by atoms with van der Waals surface area (Å²) in [6.45, 7) is 0.759. The Labute approximate surface area is 141 Å². The van der Waals surface area contributed by atoms with Crippen LogP contribution in [0.5, 0.6) is 0 Å². The van der Waals surface area contributed by atoms with Crippen molar-refractivity contribution in [3.05, 3.63) is 34.9 Å². The number of rotatable bonds is 5. The Morgan fingerprint density at radius 1 is 1.26 bits per heavy atom. The van der Waals surface area contributed by atoms with Gasteiger partial charge in [-0.2, -0.15) is 0 Å². The average molecular weight is 336 g/mol. The van der Waals surface area contributed by atoms with E-state index in [0.717, 1.165) is 42.8 Å². The number of carboxylic acids is 1. The van der Waals surface area contributed by atoms with Gasteiger partial charge >= 0.3 is 5.97 Å². The number of benzene rings is 1. The molecule has 0 bridgehead atoms. The van der Waals surface area contributed by atoms with Crippen molar-refractivity contribution in [2.24, 2.45) is 5.92 Å². The quantitative estimate of drug-likeness (QED) is 0.892. The van der Waals surface area contributed by atoms with Gasteiger partial charge in [0.2, 0.25) is 5.91 Å². The van der Waals surface area contributed by atoms with Gasteiger partial charge in [-0.05, 0) is 49.7 Å². The second kappa shape index (κ2) is 6.91. The molecule has 1 aromatic rings. The van der Waals surface area contributed by atoms with Crippen LogP contribution in [-0.2, 0) is 9.59 Å². The maximum atomic E-state index is 12.8. The first-order valence-corrected chi connectivity index (χ1v) is 8.72. The summed E-state index contributed by atoms with van der Waals surface area (Å²) in [6, 6.07) is 7.81. The molecule has 1 saturated carbocycles. The van der Waals surface area contributed by atoms with Gasteiger partial charge in [0.05, 0.1) is 0 Å². The van der Waals surface area contributed by atoms with Crippen molar-refractivity contribution in [1.82, 2.24) is 4.90 Å². The molecule has 3 unspecified atom stereocenters. The van der Waals surface area contributed by atoms with Crippen molar-refractivity contribution in [1.29, 1.82) is 0 Å². The van der Waals surface area contributed by atoms with E-state index >= 15 is 0 Å². The topological polar surface area (TPSA) is 57.6 Å². The third-order valence-corrected chi connectivity index (χ3v) is 5.36. The van der Waals surface area contributed by atoms with Crippen LogP contribution in [-0.4, -0.2) is 34.5 Å². The van der Waals surface area contributed by atoms with Gasteiger partial charge in [-0.15, -0.1) is 0 Å². The summed E-state index contributed by atoms with van der Waals surface area (Å²) in [5, 5.41) is 9.62. The van der Waals surface area contributed by atoms with E-state index in [1.807, 2.05) is 29.2 Å². The number of piperidine rings is 1. The number of halogens is 1. The first kappa shape index (κ1) is 16.3. The minimum atomic E-state index is -0.789. The van der Waals surface area contributed by atoms with E-state index in [4.69, 9.17) is 16.7 Å². The molecule has 2 aliphatic rings. The zero-order valence-electron chi connectivity index (χ0n) is 13.1. The lowest BCUT2D eigenvalue weighted by Gasteiger charge is -2.36. The van der Waals surface area contributed by atoms with Crippen molar-refractivity contribution >= 4 is 23.5 Å². The average Bonchev–Trinajstić information content (AvgIpc) is 3.33. The van der Waals surface area contributed by atoms with Crippen molar-refractivity contribution in [2.75, 3.05) is 6.54 Å². The predicted molar refractivity (Wildman–Crippen MR) is 88.5 cm³/mol. The van der Waals surface area contributed by atoms with Crippen LogP contribution in [0.2, 0.25) is 5.02 Å². The largest absolute Gasteiger partial charge is 0.481 e. The predicted octanol–water partition coefficient (Wildman–Crippen LogP) is 3.69. The summed E-state index contributed by atoms with van der Waals surface area (Å²) in [5.41, 5.74) is 1.06. The molecule has 4 nitrogen and oxygen atoms in total. The highest BCUT2D eigenvalue weighted by Gasteiger charge is 2.47. The minimum Gasteiger partial charge on any atom is -0.481 e. The van der Waals surface area contributed by atoms with Crippen LogP contribution in [0.1, 0.15) is 50.0 Å². The van der Waals surface area contributed by atoms with Crippen LogP contribution in [0, 0.1) is 5.92 Å². The highest BCUT2D eigenvalue weighted by molar-refractivity contribution is 6.31. The van der Waals surface area contributed by atoms with Gasteiger partial charge in [0, 0.05) is 29.9 Å². The number of amides is 1. The zero-order valence-corrected chi connectivity index (χ0v) is 13.8. The van der Waals surface area contributed by atoms with E-state index < -0.39 is 5.97 Å². The van der Waals surface area contributed by atoms with E-state index in [9.17, 15) is 9.59 Å². The third-order valence-electron chi connectivity index (χ3n) is 5.01. The lowest BCUT2D eigenvalue weighted by atomic mass is 9.97. The van der Waals surface area contributed by atoms with E-state index in [2.05, 4.69) is 0 Å². The number of carboxylic acid groups (broad SMARTS) is 1. The van der Waals surface area contributed by atoms with Crippen LogP contribution in [0.15, 0.2) is 24.3 Å². The van der Waals surface area contributed by atoms with E-state index in [1.165, 1.54) is 0 Å². The van der Waals surface area contributed by atoms with Gasteiger partial charge in [-0.25, -0.2) is 0 Å². The monoisotopic (exact) mass is 335 g/mol. The van der Waals surface area contributed by atoms with Gasteiger partial charge in [-0.3, -0.25) is 9.59 Å². The van der Waals surface area contributed by atoms with Gasteiger partial charge in [0.25, 0.3) is 0 Å². The fourth-order valence-corrected chi connectivity index (χ4v) is 3.96. The molecule has 1 N–H and O–H groups in total. The number of aliphatic carboxylic acids is 1. The summed E-state index contributed by atoms with van der Waals surface area (Å²) in [5.74, 6) is -0.369. The third kappa shape index (κ3) is 3.69. The van der Waals surface area contributed by atoms with Gasteiger partial charge in [0.15, 0.2) is 0 Å². The molecule has 1 saturated heterocycles. The Hall–Kier alpha value is -1.55. The molecule has 3 atom stereocenters. The Morgan fingerprint density at radius 2 is 2.04 bits per heavy atom. The molecule has 0 radical (unpaired) electrons. The van der Waals surface area contributed by atoms with Crippen LogP contribution in [0.3, 0.4) is 0 Å². The number of hydrogen-bond acceptors (Lipinski definition) is 2. The SMILES string of the molecule is O=C(O)CCC1CCCCN1C(=O)C1CC1c1ccccc1Cl. The van der Waals surface area contributed by atoms with Crippen LogP contribution in [0.25, 0.3) is 0 Å². The summed E-state index contributed by atoms with van der Waals surface area (Å²) in [6.07, 6.45) is 4.55. The van der Waals surface area contributed by atoms with Gasteiger partial charge in [0.1, 0.15) is 0 Å². The number of nitrogens with zero attached hydrogens (tertiary/aromatic N) is 1. The molecule has 124 valence electrons. The van der Waals surface area contributed by atoms with Gasteiger partial charge in [-0.1, -0.05) is 29.8 Å². The Morgan fingerprint density at radius 3 is 2.78 bits per heavy atom. The fourth-order valence-electron chi connectivity index (χ4n) is 3.68. The lowest BCUT2D eigenvalue weighted by Crippen LogP contribution is -2.44. The van der Waals surface area contributed by atoms with E-state index in [1.54, 1.807) is 0 Å². The zero-order chi connectivity index (χ0) is 16.4. The Bertz CT molecular complexity index is 604. The number of likely N-dealkylation sites (tertiary alicyclic amines) is 1. The molecule has 23 heavy (non-hydrogen) atoms. The Balaban J connectivity index is 1.65. The molecule has 1 amide bonds. The van der Waals surface area contributed by atoms with E-state index in [-0.39, 0.29) is 30.2 Å². The highest BCUT2D eigenvalue weighted by atomic mass is 35.5. The maximum Gasteiger partial charge on any atom is 0.303 e. The molecule has 1 aromatic carbocycles. The van der Waals surface area contributed by atoms with Crippen LogP contribution >= 0.6 is 11.6 Å². The first-order chi connectivity index (χ1) is 11.1. The molecule has 2 fully saturated rings. The van der Waals surface area contributed by atoms with Crippen molar-refractivity contribution in [3.63, 3.8) is 0 Å². The lowest BCUT2D eigenvalue weighted by molar-refractivity contribution is -0.140. The Kier molecular flexibility index (Phi) is 4.90. The maximum absolute atomic E-state index is 12.8. The number of carbonyl (C=O) groups is 2. The molecule has 1 aliphatic carbocycles. The van der Waals surface area contributed by atoms with Gasteiger partial charge < -0.3 is 10.0 Å². The van der Waals surface area contributed by atoms with Crippen LogP contribution in [0.4, 0.5) is 0 Å². The molecule has 0 aromatic heterocycles. The van der Waals surface area contributed by atoms with Crippen molar-refractivity contribution in [3.8, 4) is 0 Å². The number of carbonyl (C=O) groups excluding carboxylic acids is 1. The minimum absolute atomic E-state index is 0.0142. The number of hydrogen-bond donors (Lipinski definition) is 1. The molecule has 0 spiro atoms. The molecule has 1 aliphatic heterocycles. The molecule has 3 rings (SSSR count). The van der Waals surface area contributed by atoms with Crippen LogP contribution < -0.4 is 0 Å². The van der Waals surface area contributed by atoms with E-state index in [0.29, 0.717) is 6.42 Å².